The van der Waals surface area contributed by atoms with Crippen molar-refractivity contribution in [2.45, 2.75) is 92.1 Å². The van der Waals surface area contributed by atoms with Gasteiger partial charge >= 0.3 is 17.9 Å². The molecular formula is C26H42O8. The van der Waals surface area contributed by atoms with Gasteiger partial charge in [-0.2, -0.15) is 0 Å². The van der Waals surface area contributed by atoms with Crippen LogP contribution in [0.25, 0.3) is 0 Å². The number of carbonyl (C=O) groups is 3. The zero-order valence-electron chi connectivity index (χ0n) is 21.6. The predicted molar refractivity (Wildman–Crippen MR) is 125 cm³/mol. The van der Waals surface area contributed by atoms with Crippen LogP contribution in [0.5, 0.6) is 0 Å². The largest absolute Gasteiger partial charge is 0.466 e. The summed E-state index contributed by atoms with van der Waals surface area (Å²) >= 11 is 0. The SMILES string of the molecule is CC(=O)OCC/C(COC(C)=O)=C(\CC1(C)C(C)CCC2(C)C1CCCC2(O)CO)OC(C)=O. The van der Waals surface area contributed by atoms with E-state index >= 15 is 0 Å². The van der Waals surface area contributed by atoms with Crippen LogP contribution in [0.3, 0.4) is 0 Å². The highest BCUT2D eigenvalue weighted by molar-refractivity contribution is 5.68. The summed E-state index contributed by atoms with van der Waals surface area (Å²) in [6, 6.07) is 0. The number of hydrogen-bond donors (Lipinski definition) is 2. The van der Waals surface area contributed by atoms with E-state index in [0.717, 1.165) is 25.7 Å². The summed E-state index contributed by atoms with van der Waals surface area (Å²) in [6.07, 6.45) is 4.62. The fraction of sp³-hybridized carbons (Fsp3) is 0.808. The van der Waals surface area contributed by atoms with E-state index in [-0.39, 0.29) is 43.5 Å². The van der Waals surface area contributed by atoms with Crippen LogP contribution < -0.4 is 0 Å². The van der Waals surface area contributed by atoms with Gasteiger partial charge in [-0.3, -0.25) is 14.4 Å². The number of aliphatic hydroxyl groups is 2. The predicted octanol–water partition coefficient (Wildman–Crippen LogP) is 3.68. The number of esters is 3. The lowest BCUT2D eigenvalue weighted by molar-refractivity contribution is -0.214. The van der Waals surface area contributed by atoms with E-state index in [4.69, 9.17) is 14.2 Å². The smallest absolute Gasteiger partial charge is 0.307 e. The van der Waals surface area contributed by atoms with Crippen LogP contribution in [0.1, 0.15) is 86.5 Å². The molecule has 0 aromatic rings. The Hall–Kier alpha value is -1.93. The van der Waals surface area contributed by atoms with Crippen molar-refractivity contribution in [2.75, 3.05) is 19.8 Å². The topological polar surface area (TPSA) is 119 Å². The highest BCUT2D eigenvalue weighted by Crippen LogP contribution is 2.64. The van der Waals surface area contributed by atoms with Gasteiger partial charge in [0.05, 0.1) is 18.8 Å². The molecule has 5 atom stereocenters. The maximum absolute atomic E-state index is 12.1. The van der Waals surface area contributed by atoms with Crippen molar-refractivity contribution in [1.29, 1.82) is 0 Å². The Morgan fingerprint density at radius 1 is 0.971 bits per heavy atom. The van der Waals surface area contributed by atoms with Crippen molar-refractivity contribution < 1.29 is 38.8 Å². The molecule has 8 nitrogen and oxygen atoms in total. The summed E-state index contributed by atoms with van der Waals surface area (Å²) < 4.78 is 16.1. The van der Waals surface area contributed by atoms with Crippen LogP contribution >= 0.6 is 0 Å². The van der Waals surface area contributed by atoms with E-state index in [1.54, 1.807) is 0 Å². The number of aliphatic hydroxyl groups excluding tert-OH is 1. The Labute approximate surface area is 203 Å². The van der Waals surface area contributed by atoms with Crippen LogP contribution in [0.15, 0.2) is 11.3 Å². The average molecular weight is 483 g/mol. The maximum atomic E-state index is 12.1. The number of allylic oxidation sites excluding steroid dienone is 1. The summed E-state index contributed by atoms with van der Waals surface area (Å²) in [5.74, 6) is -0.581. The number of carbonyl (C=O) groups excluding carboxylic acids is 3. The Bertz CT molecular complexity index is 805. The third-order valence-corrected chi connectivity index (χ3v) is 8.56. The van der Waals surface area contributed by atoms with Gasteiger partial charge in [0, 0.05) is 44.6 Å². The summed E-state index contributed by atoms with van der Waals surface area (Å²) in [5.41, 5.74) is -1.38. The molecule has 0 amide bonds. The molecule has 34 heavy (non-hydrogen) atoms. The molecule has 2 saturated carbocycles. The molecule has 0 bridgehead atoms. The lowest BCUT2D eigenvalue weighted by Gasteiger charge is -2.63. The molecule has 0 saturated heterocycles. The van der Waals surface area contributed by atoms with Gasteiger partial charge in [-0.1, -0.05) is 27.2 Å². The third kappa shape index (κ3) is 6.00. The zero-order valence-corrected chi connectivity index (χ0v) is 21.6. The molecule has 0 aromatic carbocycles. The Morgan fingerprint density at radius 2 is 1.62 bits per heavy atom. The molecule has 0 heterocycles. The first-order valence-electron chi connectivity index (χ1n) is 12.3. The van der Waals surface area contributed by atoms with Crippen LogP contribution in [-0.2, 0) is 28.6 Å². The quantitative estimate of drug-likeness (QED) is 0.290. The van der Waals surface area contributed by atoms with Crippen LogP contribution in [0.2, 0.25) is 0 Å². The van der Waals surface area contributed by atoms with E-state index in [2.05, 4.69) is 20.8 Å². The standard InChI is InChI=1S/C26H42O8/c1-17-9-12-25(6)23(8-7-11-26(25,31)16-27)24(17,5)14-22(34-20(4)30)21(15-33-19(3)29)10-13-32-18(2)28/h17,23,27,31H,7-16H2,1-6H3/b22-21-. The van der Waals surface area contributed by atoms with E-state index in [1.165, 1.54) is 20.8 Å². The molecule has 2 aliphatic rings. The molecule has 2 fully saturated rings. The second-order valence-corrected chi connectivity index (χ2v) is 10.7. The number of fused-ring (bicyclic) bond motifs is 1. The minimum Gasteiger partial charge on any atom is -0.466 e. The highest BCUT2D eigenvalue weighted by atomic mass is 16.5. The van der Waals surface area contributed by atoms with Gasteiger partial charge in [-0.15, -0.1) is 0 Å². The van der Waals surface area contributed by atoms with Gasteiger partial charge < -0.3 is 24.4 Å². The van der Waals surface area contributed by atoms with Crippen molar-refractivity contribution in [3.8, 4) is 0 Å². The van der Waals surface area contributed by atoms with Gasteiger partial charge in [0.1, 0.15) is 12.4 Å². The molecular weight excluding hydrogens is 440 g/mol. The minimum absolute atomic E-state index is 0.0633. The Kier molecular flexibility index (Phi) is 9.33. The average Bonchev–Trinajstić information content (AvgIpc) is 2.74. The van der Waals surface area contributed by atoms with Crippen LogP contribution in [-0.4, -0.2) is 53.5 Å². The molecule has 0 aromatic heterocycles. The fourth-order valence-corrected chi connectivity index (χ4v) is 6.29. The van der Waals surface area contributed by atoms with Gasteiger partial charge in [0.25, 0.3) is 0 Å². The first-order valence-corrected chi connectivity index (χ1v) is 12.3. The molecule has 5 unspecified atom stereocenters. The molecule has 0 aliphatic heterocycles. The van der Waals surface area contributed by atoms with Crippen LogP contribution in [0, 0.1) is 22.7 Å². The monoisotopic (exact) mass is 482 g/mol. The van der Waals surface area contributed by atoms with E-state index < -0.39 is 28.9 Å². The Morgan fingerprint density at radius 3 is 2.18 bits per heavy atom. The first-order chi connectivity index (χ1) is 15.8. The first kappa shape index (κ1) is 28.3. The van der Waals surface area contributed by atoms with Crippen LogP contribution in [0.4, 0.5) is 0 Å². The molecule has 8 heteroatoms. The maximum Gasteiger partial charge on any atom is 0.307 e. The van der Waals surface area contributed by atoms with Gasteiger partial charge in [0.15, 0.2) is 0 Å². The molecule has 2 aliphatic carbocycles. The molecule has 2 N–H and O–H groups in total. The second kappa shape index (κ2) is 11.2. The van der Waals surface area contributed by atoms with Crippen molar-refractivity contribution >= 4 is 17.9 Å². The minimum atomic E-state index is -1.15. The van der Waals surface area contributed by atoms with E-state index in [9.17, 15) is 24.6 Å². The summed E-state index contributed by atoms with van der Waals surface area (Å²) in [7, 11) is 0. The van der Waals surface area contributed by atoms with Crippen molar-refractivity contribution in [1.82, 2.24) is 0 Å². The molecule has 0 radical (unpaired) electrons. The summed E-state index contributed by atoms with van der Waals surface area (Å²) in [5, 5.41) is 21.5. The number of rotatable bonds is 9. The highest BCUT2D eigenvalue weighted by Gasteiger charge is 2.61. The van der Waals surface area contributed by atoms with Gasteiger partial charge in [0.2, 0.25) is 0 Å². The zero-order chi connectivity index (χ0) is 25.7. The van der Waals surface area contributed by atoms with Gasteiger partial charge in [-0.25, -0.2) is 0 Å². The molecule has 2 rings (SSSR count). The number of hydrogen-bond acceptors (Lipinski definition) is 8. The lowest BCUT2D eigenvalue weighted by Crippen LogP contribution is -2.62. The lowest BCUT2D eigenvalue weighted by atomic mass is 9.43. The van der Waals surface area contributed by atoms with Crippen molar-refractivity contribution in [2.24, 2.45) is 22.7 Å². The van der Waals surface area contributed by atoms with Crippen molar-refractivity contribution in [3.05, 3.63) is 11.3 Å². The normalized spacial score (nSPS) is 33.9. The fourth-order valence-electron chi connectivity index (χ4n) is 6.29. The summed E-state index contributed by atoms with van der Waals surface area (Å²) in [4.78, 5) is 34.9. The van der Waals surface area contributed by atoms with E-state index in [0.29, 0.717) is 24.2 Å². The van der Waals surface area contributed by atoms with Gasteiger partial charge in [-0.05, 0) is 42.9 Å². The van der Waals surface area contributed by atoms with E-state index in [1.807, 2.05) is 0 Å². The Balaban J connectivity index is 2.50. The third-order valence-electron chi connectivity index (χ3n) is 8.56. The second-order valence-electron chi connectivity index (χ2n) is 10.7. The molecule has 194 valence electrons. The number of ether oxygens (including phenoxy) is 3. The molecule has 0 spiro atoms. The summed E-state index contributed by atoms with van der Waals surface area (Å²) in [6.45, 7) is 10.1. The van der Waals surface area contributed by atoms with Crippen molar-refractivity contribution in [3.63, 3.8) is 0 Å².